The van der Waals surface area contributed by atoms with Crippen molar-refractivity contribution in [2.24, 2.45) is 0 Å². The molecule has 154 valence electrons. The van der Waals surface area contributed by atoms with Crippen molar-refractivity contribution < 1.29 is 23.8 Å². The number of ether oxygens (including phenoxy) is 1. The van der Waals surface area contributed by atoms with E-state index in [1.807, 2.05) is 11.1 Å². The molecule has 0 aliphatic carbocycles. The average Bonchev–Trinajstić information content (AvgIpc) is 3.33. The number of hydrogen-bond acceptors (Lipinski definition) is 6. The molecular formula is C19H22FN5O4. The van der Waals surface area contributed by atoms with Crippen LogP contribution in [0.4, 0.5) is 20.6 Å². The number of aromatic nitrogens is 2. The molecule has 2 aromatic rings. The van der Waals surface area contributed by atoms with E-state index < -0.39 is 18.0 Å². The van der Waals surface area contributed by atoms with Crippen LogP contribution in [0.2, 0.25) is 0 Å². The highest BCUT2D eigenvalue weighted by Gasteiger charge is 2.33. The summed E-state index contributed by atoms with van der Waals surface area (Å²) in [5.41, 5.74) is 2.71. The third-order valence-corrected chi connectivity index (χ3v) is 4.99. The molecule has 3 heterocycles. The third kappa shape index (κ3) is 3.88. The Kier molecular flexibility index (Phi) is 5.10. The minimum atomic E-state index is -0.563. The minimum Gasteiger partial charge on any atom is -0.442 e. The summed E-state index contributed by atoms with van der Waals surface area (Å²) in [7, 11) is 0. The predicted molar refractivity (Wildman–Crippen MR) is 102 cm³/mol. The Labute approximate surface area is 166 Å². The maximum atomic E-state index is 14.8. The molecule has 0 radical (unpaired) electrons. The van der Waals surface area contributed by atoms with Gasteiger partial charge < -0.3 is 20.1 Å². The second-order valence-corrected chi connectivity index (χ2v) is 7.13. The first-order valence-corrected chi connectivity index (χ1v) is 9.37. The molecule has 29 heavy (non-hydrogen) atoms. The Bertz CT molecular complexity index is 923. The topological polar surface area (TPSA) is 99.9 Å². The number of carbonyl (C=O) groups is 2. The zero-order valence-corrected chi connectivity index (χ0v) is 16.0. The fourth-order valence-corrected chi connectivity index (χ4v) is 3.61. The van der Waals surface area contributed by atoms with Gasteiger partial charge in [0.1, 0.15) is 11.9 Å². The van der Waals surface area contributed by atoms with Crippen LogP contribution in [0.25, 0.3) is 0 Å². The molecule has 10 heteroatoms. The molecule has 1 aromatic carbocycles. The number of amides is 2. The lowest BCUT2D eigenvalue weighted by molar-refractivity contribution is -0.119. The first kappa shape index (κ1) is 19.2. The maximum Gasteiger partial charge on any atom is 0.414 e. The lowest BCUT2D eigenvalue weighted by Gasteiger charge is -2.21. The molecule has 2 aliphatic rings. The Morgan fingerprint density at radius 3 is 2.93 bits per heavy atom. The summed E-state index contributed by atoms with van der Waals surface area (Å²) < 4.78 is 21.7. The molecule has 4 rings (SSSR count). The lowest BCUT2D eigenvalue weighted by Crippen LogP contribution is -2.33. The molecule has 0 bridgehead atoms. The van der Waals surface area contributed by atoms with Gasteiger partial charge in [0.2, 0.25) is 5.91 Å². The second kappa shape index (κ2) is 7.70. The number of carbonyl (C=O) groups excluding carboxylic acids is 2. The lowest BCUT2D eigenvalue weighted by atomic mass is 10.2. The van der Waals surface area contributed by atoms with E-state index in [4.69, 9.17) is 9.84 Å². The molecule has 2 amide bonds. The van der Waals surface area contributed by atoms with Gasteiger partial charge in [0.25, 0.3) is 0 Å². The largest absolute Gasteiger partial charge is 0.442 e. The summed E-state index contributed by atoms with van der Waals surface area (Å²) in [6.07, 6.45) is 0.832. The average molecular weight is 403 g/mol. The molecular weight excluding hydrogens is 381 g/mol. The quantitative estimate of drug-likeness (QED) is 0.746. The molecule has 2 N–H and O–H groups in total. The summed E-state index contributed by atoms with van der Waals surface area (Å²) in [5.74, 6) is -0.640. The van der Waals surface area contributed by atoms with Crippen molar-refractivity contribution in [3.8, 4) is 0 Å². The van der Waals surface area contributed by atoms with Gasteiger partial charge >= 0.3 is 6.09 Å². The number of hydrogen-bond donors (Lipinski definition) is 2. The second-order valence-electron chi connectivity index (χ2n) is 7.13. The highest BCUT2D eigenvalue weighted by atomic mass is 19.1. The number of aliphatic hydroxyl groups is 1. The van der Waals surface area contributed by atoms with Crippen molar-refractivity contribution in [3.05, 3.63) is 41.5 Å². The van der Waals surface area contributed by atoms with Crippen molar-refractivity contribution in [1.29, 1.82) is 0 Å². The van der Waals surface area contributed by atoms with E-state index in [0.29, 0.717) is 31.0 Å². The molecule has 1 saturated heterocycles. The van der Waals surface area contributed by atoms with Gasteiger partial charge in [0.15, 0.2) is 0 Å². The molecule has 9 nitrogen and oxygen atoms in total. The normalized spacial score (nSPS) is 18.2. The molecule has 0 spiro atoms. The smallest absolute Gasteiger partial charge is 0.414 e. The fourth-order valence-electron chi connectivity index (χ4n) is 3.61. The molecule has 0 saturated carbocycles. The number of nitrogens with one attached hydrogen (secondary N) is 1. The zero-order chi connectivity index (χ0) is 20.5. The molecule has 0 unspecified atom stereocenters. The Morgan fingerprint density at radius 1 is 1.41 bits per heavy atom. The predicted octanol–water partition coefficient (Wildman–Crippen LogP) is 0.996. The maximum absolute atomic E-state index is 14.8. The van der Waals surface area contributed by atoms with Crippen LogP contribution >= 0.6 is 0 Å². The summed E-state index contributed by atoms with van der Waals surface area (Å²) in [6.45, 7) is 3.31. The van der Waals surface area contributed by atoms with E-state index in [9.17, 15) is 14.0 Å². The van der Waals surface area contributed by atoms with Gasteiger partial charge in [-0.25, -0.2) is 9.18 Å². The number of rotatable bonds is 6. The van der Waals surface area contributed by atoms with Gasteiger partial charge in [-0.2, -0.15) is 5.10 Å². The van der Waals surface area contributed by atoms with E-state index in [2.05, 4.69) is 10.4 Å². The van der Waals surface area contributed by atoms with Crippen LogP contribution in [0.5, 0.6) is 0 Å². The third-order valence-electron chi connectivity index (χ3n) is 4.99. The summed E-state index contributed by atoms with van der Waals surface area (Å²) in [6, 6.07) is 4.65. The van der Waals surface area contributed by atoms with Crippen molar-refractivity contribution in [2.75, 3.05) is 29.5 Å². The number of fused-ring (bicyclic) bond motifs is 1. The van der Waals surface area contributed by atoms with Crippen LogP contribution < -0.4 is 15.1 Å². The molecule has 1 atom stereocenters. The van der Waals surface area contributed by atoms with Crippen LogP contribution in [-0.4, -0.2) is 52.7 Å². The molecule has 1 fully saturated rings. The van der Waals surface area contributed by atoms with Crippen molar-refractivity contribution in [1.82, 2.24) is 15.1 Å². The number of nitrogens with zero attached hydrogens (tertiary/aromatic N) is 4. The monoisotopic (exact) mass is 403 g/mol. The number of benzene rings is 1. The van der Waals surface area contributed by atoms with Crippen LogP contribution in [0.15, 0.2) is 24.4 Å². The first-order chi connectivity index (χ1) is 13.9. The minimum absolute atomic E-state index is 0.0188. The SMILES string of the molecule is CC(=O)NC[C@H]1CN(c2ccc(N3Cc4cn(CCO)nc4C3)c(F)c2)C(=O)O1. The van der Waals surface area contributed by atoms with Gasteiger partial charge in [0.05, 0.1) is 49.9 Å². The van der Waals surface area contributed by atoms with Gasteiger partial charge in [-0.3, -0.25) is 14.4 Å². The standard InChI is InChI=1S/C19H22FN5O4/c1-12(27)21-7-15-10-25(19(28)29-15)14-2-3-18(16(20)6-14)23-8-13-9-24(4-5-26)22-17(13)11-23/h2-3,6,9,15,26H,4-5,7-8,10-11H2,1H3,(H,21,27)/t15-/m0/s1. The first-order valence-electron chi connectivity index (χ1n) is 9.37. The summed E-state index contributed by atoms with van der Waals surface area (Å²) in [5, 5.41) is 16.0. The number of cyclic esters (lactones) is 1. The van der Waals surface area contributed by atoms with E-state index in [1.165, 1.54) is 17.9 Å². The van der Waals surface area contributed by atoms with Gasteiger partial charge in [-0.15, -0.1) is 0 Å². The Morgan fingerprint density at radius 2 is 2.24 bits per heavy atom. The van der Waals surface area contributed by atoms with E-state index in [0.717, 1.165) is 11.3 Å². The van der Waals surface area contributed by atoms with E-state index in [1.54, 1.807) is 16.8 Å². The highest BCUT2D eigenvalue weighted by Crippen LogP contribution is 2.32. The van der Waals surface area contributed by atoms with Crippen molar-refractivity contribution >= 4 is 23.4 Å². The molecule has 1 aromatic heterocycles. The molecule has 2 aliphatic heterocycles. The van der Waals surface area contributed by atoms with Crippen LogP contribution in [-0.2, 0) is 29.2 Å². The summed E-state index contributed by atoms with van der Waals surface area (Å²) >= 11 is 0. The highest BCUT2D eigenvalue weighted by molar-refractivity contribution is 5.90. The van der Waals surface area contributed by atoms with Gasteiger partial charge in [0, 0.05) is 25.2 Å². The van der Waals surface area contributed by atoms with Crippen LogP contribution in [0.1, 0.15) is 18.2 Å². The van der Waals surface area contributed by atoms with Crippen molar-refractivity contribution in [3.63, 3.8) is 0 Å². The van der Waals surface area contributed by atoms with E-state index >= 15 is 0 Å². The number of aliphatic hydroxyl groups excluding tert-OH is 1. The van der Waals surface area contributed by atoms with Gasteiger partial charge in [-0.05, 0) is 18.2 Å². The van der Waals surface area contributed by atoms with Crippen LogP contribution in [0, 0.1) is 5.82 Å². The van der Waals surface area contributed by atoms with Crippen LogP contribution in [0.3, 0.4) is 0 Å². The summed E-state index contributed by atoms with van der Waals surface area (Å²) in [4.78, 5) is 26.4. The number of halogens is 1. The Hall–Kier alpha value is -3.14. The fraction of sp³-hybridized carbons (Fsp3) is 0.421. The number of anilines is 2. The zero-order valence-electron chi connectivity index (χ0n) is 16.0. The van der Waals surface area contributed by atoms with Gasteiger partial charge in [-0.1, -0.05) is 0 Å². The van der Waals surface area contributed by atoms with E-state index in [-0.39, 0.29) is 25.6 Å². The Balaban J connectivity index is 1.44. The van der Waals surface area contributed by atoms with Crippen molar-refractivity contribution in [2.45, 2.75) is 32.7 Å².